The average Bonchev–Trinajstić information content (AvgIpc) is 2.19. The molecule has 70 valence electrons. The van der Waals surface area contributed by atoms with Gasteiger partial charge >= 0.3 is 87.1 Å². The molecular formula is C9H10O3Te. The van der Waals surface area contributed by atoms with Crippen LogP contribution in [0.5, 0.6) is 5.75 Å². The molecule has 0 spiro atoms. The monoisotopic (exact) mass is 296 g/mol. The molecule has 1 aromatic carbocycles. The van der Waals surface area contributed by atoms with Crippen LogP contribution in [0.1, 0.15) is 0 Å². The molecule has 0 bridgehead atoms. The molecule has 0 aromatic heterocycles. The number of benzene rings is 1. The second-order valence-electron chi connectivity index (χ2n) is 2.23. The summed E-state index contributed by atoms with van der Waals surface area (Å²) in [4.78, 5) is 10.9. The number of carbonyl (C=O) groups excluding carboxylic acids is 1. The predicted molar refractivity (Wildman–Crippen MR) is 50.8 cm³/mol. The standard InChI is InChI=1S/C9H10O3Te/c1-11-7-3-5-8(6-4-7)13-9(10)12-2/h3-6H,1-2H3. The van der Waals surface area contributed by atoms with Crippen LogP contribution >= 0.6 is 0 Å². The maximum absolute atomic E-state index is 10.9. The zero-order valence-electron chi connectivity index (χ0n) is 7.44. The van der Waals surface area contributed by atoms with Crippen LogP contribution in [0.25, 0.3) is 0 Å². The molecule has 0 N–H and O–H groups in total. The summed E-state index contributed by atoms with van der Waals surface area (Å²) in [7, 11) is 3.03. The van der Waals surface area contributed by atoms with E-state index in [0.717, 1.165) is 9.36 Å². The molecule has 0 aliphatic carbocycles. The predicted octanol–water partition coefficient (Wildman–Crippen LogP) is 0.791. The Morgan fingerprint density at radius 3 is 2.31 bits per heavy atom. The molecule has 0 amide bonds. The van der Waals surface area contributed by atoms with Gasteiger partial charge in [0.25, 0.3) is 0 Å². The molecule has 0 aliphatic heterocycles. The fourth-order valence-corrected chi connectivity index (χ4v) is 2.35. The van der Waals surface area contributed by atoms with Gasteiger partial charge in [-0.25, -0.2) is 0 Å². The molecule has 4 heteroatoms. The summed E-state index contributed by atoms with van der Waals surface area (Å²) >= 11 is -0.848. The van der Waals surface area contributed by atoms with Crippen molar-refractivity contribution in [1.82, 2.24) is 0 Å². The van der Waals surface area contributed by atoms with Crippen LogP contribution < -0.4 is 8.35 Å². The Kier molecular flexibility index (Phi) is 4.07. The van der Waals surface area contributed by atoms with Crippen molar-refractivity contribution in [2.75, 3.05) is 14.2 Å². The molecule has 3 nitrogen and oxygen atoms in total. The number of carbonyl (C=O) groups is 1. The Balaban J connectivity index is 2.64. The van der Waals surface area contributed by atoms with Gasteiger partial charge in [0.2, 0.25) is 0 Å². The number of hydrogen-bond donors (Lipinski definition) is 0. The molecular weight excluding hydrogens is 284 g/mol. The zero-order chi connectivity index (χ0) is 9.68. The summed E-state index contributed by atoms with van der Waals surface area (Å²) in [6.07, 6.45) is 0. The maximum atomic E-state index is 10.9. The molecule has 0 radical (unpaired) electrons. The third-order valence-corrected chi connectivity index (χ3v) is 3.83. The third kappa shape index (κ3) is 3.25. The second kappa shape index (κ2) is 5.11. The van der Waals surface area contributed by atoms with Crippen LogP contribution in [0.4, 0.5) is 4.79 Å². The summed E-state index contributed by atoms with van der Waals surface area (Å²) < 4.78 is 10.5. The van der Waals surface area contributed by atoms with Crippen molar-refractivity contribution in [3.05, 3.63) is 24.3 Å². The molecule has 0 saturated carbocycles. The van der Waals surface area contributed by atoms with Crippen LogP contribution in [0, 0.1) is 0 Å². The first kappa shape index (κ1) is 10.4. The van der Waals surface area contributed by atoms with E-state index in [1.165, 1.54) is 7.11 Å². The first-order valence-electron chi connectivity index (χ1n) is 3.66. The number of methoxy groups -OCH3 is 2. The van der Waals surface area contributed by atoms with E-state index in [1.807, 2.05) is 24.3 Å². The van der Waals surface area contributed by atoms with Gasteiger partial charge in [-0.1, -0.05) is 0 Å². The van der Waals surface area contributed by atoms with Gasteiger partial charge in [0.15, 0.2) is 0 Å². The van der Waals surface area contributed by atoms with Gasteiger partial charge in [-0.15, -0.1) is 0 Å². The molecule has 0 atom stereocenters. The van der Waals surface area contributed by atoms with E-state index >= 15 is 0 Å². The van der Waals surface area contributed by atoms with Crippen LogP contribution in [0.3, 0.4) is 0 Å². The van der Waals surface area contributed by atoms with Gasteiger partial charge in [-0.2, -0.15) is 0 Å². The first-order chi connectivity index (χ1) is 6.26. The van der Waals surface area contributed by atoms with Gasteiger partial charge < -0.3 is 0 Å². The van der Waals surface area contributed by atoms with Crippen molar-refractivity contribution in [2.45, 2.75) is 0 Å². The second-order valence-corrected chi connectivity index (χ2v) is 5.11. The topological polar surface area (TPSA) is 35.5 Å². The van der Waals surface area contributed by atoms with E-state index in [2.05, 4.69) is 4.74 Å². The molecule has 1 aromatic rings. The quantitative estimate of drug-likeness (QED) is 0.773. The normalized spacial score (nSPS) is 9.38. The Bertz CT molecular complexity index is 281. The van der Waals surface area contributed by atoms with Gasteiger partial charge in [-0.05, 0) is 0 Å². The zero-order valence-corrected chi connectivity index (χ0v) is 9.77. The van der Waals surface area contributed by atoms with E-state index in [0.29, 0.717) is 0 Å². The van der Waals surface area contributed by atoms with E-state index in [-0.39, 0.29) is 4.02 Å². The summed E-state index contributed by atoms with van der Waals surface area (Å²) in [6.45, 7) is 0. The summed E-state index contributed by atoms with van der Waals surface area (Å²) in [5.41, 5.74) is 0. The van der Waals surface area contributed by atoms with Gasteiger partial charge in [0, 0.05) is 0 Å². The summed E-state index contributed by atoms with van der Waals surface area (Å²) in [5.74, 6) is 0.807. The number of rotatable bonds is 3. The van der Waals surface area contributed by atoms with Crippen molar-refractivity contribution >= 4 is 28.6 Å². The van der Waals surface area contributed by atoms with Gasteiger partial charge in [-0.3, -0.25) is 0 Å². The molecule has 0 aliphatic rings. The molecule has 0 saturated heterocycles. The third-order valence-electron chi connectivity index (χ3n) is 1.43. The van der Waals surface area contributed by atoms with Crippen molar-refractivity contribution in [3.63, 3.8) is 0 Å². The Hall–Kier alpha value is -0.720. The molecule has 0 heterocycles. The van der Waals surface area contributed by atoms with Crippen molar-refractivity contribution < 1.29 is 14.3 Å². The van der Waals surface area contributed by atoms with Crippen molar-refractivity contribution in [2.24, 2.45) is 0 Å². The van der Waals surface area contributed by atoms with E-state index < -0.39 is 20.9 Å². The summed E-state index contributed by atoms with van der Waals surface area (Å²) in [5, 5.41) is 0. The van der Waals surface area contributed by atoms with Crippen molar-refractivity contribution in [1.29, 1.82) is 0 Å². The minimum atomic E-state index is -0.848. The minimum absolute atomic E-state index is 0.101. The van der Waals surface area contributed by atoms with Crippen LogP contribution in [-0.4, -0.2) is 39.2 Å². The van der Waals surface area contributed by atoms with E-state index in [4.69, 9.17) is 4.74 Å². The first-order valence-corrected chi connectivity index (χ1v) is 5.99. The molecule has 0 unspecified atom stereocenters. The number of hydrogen-bond acceptors (Lipinski definition) is 3. The van der Waals surface area contributed by atoms with Gasteiger partial charge in [0.1, 0.15) is 0 Å². The van der Waals surface area contributed by atoms with E-state index in [9.17, 15) is 4.79 Å². The fourth-order valence-electron chi connectivity index (χ4n) is 0.782. The fraction of sp³-hybridized carbons (Fsp3) is 0.222. The molecule has 0 fully saturated rings. The van der Waals surface area contributed by atoms with E-state index in [1.54, 1.807) is 7.11 Å². The SMILES string of the molecule is COC(=O)[Te]c1ccc(OC)cc1. The Labute approximate surface area is 87.1 Å². The number of ether oxygens (including phenoxy) is 2. The van der Waals surface area contributed by atoms with Crippen LogP contribution in [-0.2, 0) is 4.74 Å². The molecule has 1 rings (SSSR count). The van der Waals surface area contributed by atoms with Gasteiger partial charge in [0.05, 0.1) is 0 Å². The molecule has 13 heavy (non-hydrogen) atoms. The average molecular weight is 294 g/mol. The Morgan fingerprint density at radius 1 is 1.23 bits per heavy atom. The Morgan fingerprint density at radius 2 is 1.85 bits per heavy atom. The summed E-state index contributed by atoms with van der Waals surface area (Å²) in [6, 6.07) is 7.50. The van der Waals surface area contributed by atoms with Crippen molar-refractivity contribution in [3.8, 4) is 5.75 Å². The van der Waals surface area contributed by atoms with Crippen LogP contribution in [0.2, 0.25) is 0 Å². The van der Waals surface area contributed by atoms with Crippen LogP contribution in [0.15, 0.2) is 24.3 Å².